The molecule has 106 valence electrons. The van der Waals surface area contributed by atoms with Gasteiger partial charge in [-0.15, -0.1) is 0 Å². The first kappa shape index (κ1) is 15.2. The molecule has 1 aromatic heterocycles. The van der Waals surface area contributed by atoms with Crippen molar-refractivity contribution >= 4 is 23.2 Å². The molecule has 0 bridgehead atoms. The Hall–Kier alpha value is -1.16. The van der Waals surface area contributed by atoms with Crippen molar-refractivity contribution in [1.82, 2.24) is 9.97 Å². The summed E-state index contributed by atoms with van der Waals surface area (Å²) in [6.45, 7) is 5.03. The normalized spacial score (nSPS) is 10.8. The van der Waals surface area contributed by atoms with Gasteiger partial charge in [0, 0.05) is 6.61 Å². The summed E-state index contributed by atoms with van der Waals surface area (Å²) in [7, 11) is 0. The zero-order chi connectivity index (χ0) is 14.5. The van der Waals surface area contributed by atoms with E-state index in [9.17, 15) is 0 Å². The molecule has 0 saturated heterocycles. The van der Waals surface area contributed by atoms with Crippen molar-refractivity contribution in [1.29, 1.82) is 0 Å². The number of benzene rings is 1. The van der Waals surface area contributed by atoms with E-state index < -0.39 is 0 Å². The first-order valence-electron chi connectivity index (χ1n) is 6.49. The second kappa shape index (κ2) is 7.02. The second-order valence-electron chi connectivity index (χ2n) is 4.46. The Balaban J connectivity index is 2.34. The molecule has 0 atom stereocenters. The Bertz CT molecular complexity index is 579. The van der Waals surface area contributed by atoms with Gasteiger partial charge in [-0.2, -0.15) is 0 Å². The third kappa shape index (κ3) is 3.48. The molecular formula is C15H16Cl2N2O. The number of aromatic nitrogens is 2. The third-order valence-electron chi connectivity index (χ3n) is 2.86. The lowest BCUT2D eigenvalue weighted by Crippen LogP contribution is -2.02. The fourth-order valence-electron chi connectivity index (χ4n) is 1.90. The third-order valence-corrected chi connectivity index (χ3v) is 3.41. The highest BCUT2D eigenvalue weighted by Crippen LogP contribution is 2.34. The highest BCUT2D eigenvalue weighted by atomic mass is 35.5. The molecule has 0 aliphatic heterocycles. The molecule has 0 amide bonds. The minimum Gasteiger partial charge on any atom is -0.373 e. The second-order valence-corrected chi connectivity index (χ2v) is 5.18. The number of ether oxygens (including phenoxy) is 1. The topological polar surface area (TPSA) is 35.0 Å². The van der Waals surface area contributed by atoms with Gasteiger partial charge >= 0.3 is 0 Å². The molecular weight excluding hydrogens is 295 g/mol. The van der Waals surface area contributed by atoms with Crippen LogP contribution in [-0.4, -0.2) is 16.6 Å². The van der Waals surface area contributed by atoms with Crippen LogP contribution in [-0.2, 0) is 11.3 Å². The Morgan fingerprint density at radius 2 is 1.75 bits per heavy atom. The smallest absolute Gasteiger partial charge is 0.157 e. The number of hydrogen-bond acceptors (Lipinski definition) is 3. The van der Waals surface area contributed by atoms with Crippen molar-refractivity contribution in [3.8, 4) is 11.1 Å². The van der Waals surface area contributed by atoms with Gasteiger partial charge in [-0.1, -0.05) is 54.4 Å². The van der Waals surface area contributed by atoms with Gasteiger partial charge in [0.1, 0.15) is 16.9 Å². The predicted octanol–water partition coefficient (Wildman–Crippen LogP) is 4.69. The molecule has 2 aromatic rings. The van der Waals surface area contributed by atoms with E-state index >= 15 is 0 Å². The lowest BCUT2D eigenvalue weighted by Gasteiger charge is -2.10. The van der Waals surface area contributed by atoms with E-state index in [0.29, 0.717) is 34.9 Å². The average molecular weight is 311 g/mol. The molecule has 5 heteroatoms. The molecule has 0 radical (unpaired) electrons. The van der Waals surface area contributed by atoms with Gasteiger partial charge in [0.25, 0.3) is 0 Å². The maximum atomic E-state index is 6.26. The predicted molar refractivity (Wildman–Crippen MR) is 82.2 cm³/mol. The number of halogens is 2. The van der Waals surface area contributed by atoms with Crippen molar-refractivity contribution in [3.63, 3.8) is 0 Å². The van der Waals surface area contributed by atoms with Gasteiger partial charge in [-0.25, -0.2) is 9.97 Å². The monoisotopic (exact) mass is 310 g/mol. The van der Waals surface area contributed by atoms with E-state index in [4.69, 9.17) is 27.9 Å². The zero-order valence-electron chi connectivity index (χ0n) is 11.5. The Morgan fingerprint density at radius 1 is 1.10 bits per heavy atom. The first-order chi connectivity index (χ1) is 9.63. The number of nitrogens with zero attached hydrogens (tertiary/aromatic N) is 2. The van der Waals surface area contributed by atoms with Gasteiger partial charge in [0.2, 0.25) is 0 Å². The minimum atomic E-state index is 0.321. The molecule has 0 fully saturated rings. The van der Waals surface area contributed by atoms with Gasteiger partial charge in [0.05, 0.1) is 5.56 Å². The maximum absolute atomic E-state index is 6.26. The average Bonchev–Trinajstić information content (AvgIpc) is 2.40. The molecule has 0 saturated carbocycles. The molecule has 0 aliphatic rings. The van der Waals surface area contributed by atoms with Crippen LogP contribution >= 0.6 is 23.2 Å². The highest BCUT2D eigenvalue weighted by Gasteiger charge is 2.15. The van der Waals surface area contributed by atoms with Crippen molar-refractivity contribution < 1.29 is 4.74 Å². The summed E-state index contributed by atoms with van der Waals surface area (Å²) < 4.78 is 5.41. The molecule has 0 N–H and O–H groups in total. The van der Waals surface area contributed by atoms with Crippen LogP contribution in [0, 0.1) is 6.92 Å². The maximum Gasteiger partial charge on any atom is 0.157 e. The van der Waals surface area contributed by atoms with E-state index in [0.717, 1.165) is 17.5 Å². The van der Waals surface area contributed by atoms with Crippen molar-refractivity contribution in [3.05, 3.63) is 46.0 Å². The lowest BCUT2D eigenvalue weighted by molar-refractivity contribution is 0.116. The number of hydrogen-bond donors (Lipinski definition) is 0. The minimum absolute atomic E-state index is 0.321. The van der Waals surface area contributed by atoms with Crippen molar-refractivity contribution in [2.24, 2.45) is 0 Å². The molecule has 0 spiro atoms. The summed E-state index contributed by atoms with van der Waals surface area (Å²) in [5.74, 6) is 0.505. The Labute approximate surface area is 128 Å². The summed E-state index contributed by atoms with van der Waals surface area (Å²) in [5.41, 5.74) is 2.70. The molecule has 1 heterocycles. The highest BCUT2D eigenvalue weighted by molar-refractivity contribution is 6.37. The van der Waals surface area contributed by atoms with Crippen molar-refractivity contribution in [2.45, 2.75) is 26.9 Å². The van der Waals surface area contributed by atoms with Crippen LogP contribution in [0.25, 0.3) is 11.1 Å². The Morgan fingerprint density at radius 3 is 2.35 bits per heavy atom. The van der Waals surface area contributed by atoms with Crippen LogP contribution < -0.4 is 0 Å². The van der Waals surface area contributed by atoms with Crippen LogP contribution in [0.15, 0.2) is 24.3 Å². The molecule has 0 aliphatic carbocycles. The van der Waals surface area contributed by atoms with E-state index in [1.54, 1.807) is 0 Å². The van der Waals surface area contributed by atoms with Gasteiger partial charge in [-0.3, -0.25) is 0 Å². The zero-order valence-corrected chi connectivity index (χ0v) is 13.0. The van der Waals surface area contributed by atoms with Crippen LogP contribution in [0.4, 0.5) is 0 Å². The number of aryl methyl sites for hydroxylation is 1. The summed E-state index contributed by atoms with van der Waals surface area (Å²) in [6.07, 6.45) is 0.947. The Kier molecular flexibility index (Phi) is 5.35. The molecule has 20 heavy (non-hydrogen) atoms. The first-order valence-corrected chi connectivity index (χ1v) is 7.24. The fourth-order valence-corrected chi connectivity index (χ4v) is 2.52. The van der Waals surface area contributed by atoms with E-state index in [-0.39, 0.29) is 0 Å². The summed E-state index contributed by atoms with van der Waals surface area (Å²) in [4.78, 5) is 8.54. The van der Waals surface area contributed by atoms with E-state index in [1.165, 1.54) is 0 Å². The molecule has 1 aromatic carbocycles. The molecule has 2 rings (SSSR count). The summed E-state index contributed by atoms with van der Waals surface area (Å²) >= 11 is 12.5. The van der Waals surface area contributed by atoms with Gasteiger partial charge in [-0.05, 0) is 24.5 Å². The standard InChI is InChI=1S/C15H16Cl2N2O/c1-3-8-20-9-12-18-14(16)13(15(17)19-12)11-7-5-4-6-10(11)2/h4-7H,3,8-9H2,1-2H3. The molecule has 0 unspecified atom stereocenters. The number of rotatable bonds is 5. The summed E-state index contributed by atoms with van der Waals surface area (Å²) in [5, 5.41) is 0.712. The van der Waals surface area contributed by atoms with Gasteiger partial charge < -0.3 is 4.74 Å². The van der Waals surface area contributed by atoms with Crippen LogP contribution in [0.2, 0.25) is 10.3 Å². The fraction of sp³-hybridized carbons (Fsp3) is 0.333. The van der Waals surface area contributed by atoms with Gasteiger partial charge in [0.15, 0.2) is 5.82 Å². The van der Waals surface area contributed by atoms with Crippen LogP contribution in [0.1, 0.15) is 24.7 Å². The van der Waals surface area contributed by atoms with E-state index in [1.807, 2.05) is 38.1 Å². The molecule has 3 nitrogen and oxygen atoms in total. The largest absolute Gasteiger partial charge is 0.373 e. The quantitative estimate of drug-likeness (QED) is 0.594. The van der Waals surface area contributed by atoms with E-state index in [2.05, 4.69) is 9.97 Å². The SMILES string of the molecule is CCCOCc1nc(Cl)c(-c2ccccc2C)c(Cl)n1. The lowest BCUT2D eigenvalue weighted by atomic mass is 10.0. The van der Waals surface area contributed by atoms with Crippen LogP contribution in [0.5, 0.6) is 0 Å². The van der Waals surface area contributed by atoms with Crippen molar-refractivity contribution in [2.75, 3.05) is 6.61 Å². The summed E-state index contributed by atoms with van der Waals surface area (Å²) in [6, 6.07) is 7.86. The van der Waals surface area contributed by atoms with Crippen LogP contribution in [0.3, 0.4) is 0 Å².